The van der Waals surface area contributed by atoms with Gasteiger partial charge in [0.15, 0.2) is 0 Å². The van der Waals surface area contributed by atoms with Gasteiger partial charge in [0, 0.05) is 23.5 Å². The van der Waals surface area contributed by atoms with E-state index in [0.717, 1.165) is 5.56 Å². The lowest BCUT2D eigenvalue weighted by Crippen LogP contribution is -2.11. The predicted octanol–water partition coefficient (Wildman–Crippen LogP) is 2.71. The molecule has 5 heteroatoms. The van der Waals surface area contributed by atoms with Gasteiger partial charge in [0.1, 0.15) is 17.8 Å². The number of hydrogen-bond acceptors (Lipinski definition) is 4. The number of aromatic nitrogens is 2. The lowest BCUT2D eigenvalue weighted by atomic mass is 9.98. The van der Waals surface area contributed by atoms with Crippen LogP contribution in [-0.2, 0) is 0 Å². The van der Waals surface area contributed by atoms with Crippen molar-refractivity contribution in [2.24, 2.45) is 0 Å². The zero-order valence-electron chi connectivity index (χ0n) is 12.1. The minimum absolute atomic E-state index is 0.172. The van der Waals surface area contributed by atoms with Crippen molar-refractivity contribution in [2.75, 3.05) is 14.2 Å². The van der Waals surface area contributed by atoms with Crippen molar-refractivity contribution in [3.05, 3.63) is 42.0 Å². The highest BCUT2D eigenvalue weighted by Gasteiger charge is 2.19. The van der Waals surface area contributed by atoms with Crippen molar-refractivity contribution in [2.45, 2.75) is 19.8 Å². The molecule has 0 saturated heterocycles. The van der Waals surface area contributed by atoms with E-state index in [0.29, 0.717) is 17.1 Å². The van der Waals surface area contributed by atoms with Gasteiger partial charge in [0.05, 0.1) is 14.2 Å². The molecular formula is C15H18N2O3. The quantitative estimate of drug-likeness (QED) is 0.860. The molecule has 1 aromatic heterocycles. The molecule has 20 heavy (non-hydrogen) atoms. The third-order valence-electron chi connectivity index (χ3n) is 3.11. The van der Waals surface area contributed by atoms with Gasteiger partial charge in [-0.25, -0.2) is 4.98 Å². The summed E-state index contributed by atoms with van der Waals surface area (Å²) in [6.45, 7) is 4.11. The Morgan fingerprint density at radius 1 is 1.20 bits per heavy atom. The molecule has 2 rings (SSSR count). The van der Waals surface area contributed by atoms with Crippen LogP contribution in [0.1, 0.15) is 35.7 Å². The third kappa shape index (κ3) is 2.52. The smallest absolute Gasteiger partial charge is 0.263 e. The zero-order chi connectivity index (χ0) is 14.7. The summed E-state index contributed by atoms with van der Waals surface area (Å²) in [6, 6.07) is 3.47. The normalized spacial score (nSPS) is 10.7. The van der Waals surface area contributed by atoms with Crippen molar-refractivity contribution in [3.8, 4) is 11.5 Å². The number of methoxy groups -OCH3 is 2. The van der Waals surface area contributed by atoms with Crippen LogP contribution in [0.15, 0.2) is 30.9 Å². The first-order valence-electron chi connectivity index (χ1n) is 6.37. The lowest BCUT2D eigenvalue weighted by Gasteiger charge is -2.17. The lowest BCUT2D eigenvalue weighted by molar-refractivity contribution is 0.0959. The van der Waals surface area contributed by atoms with Gasteiger partial charge in [-0.05, 0) is 18.1 Å². The fourth-order valence-corrected chi connectivity index (χ4v) is 2.16. The first-order valence-corrected chi connectivity index (χ1v) is 6.37. The number of nitrogens with zero attached hydrogens (tertiary/aromatic N) is 2. The van der Waals surface area contributed by atoms with Crippen molar-refractivity contribution >= 4 is 5.91 Å². The number of carbonyl (C=O) groups is 1. The number of carbonyl (C=O) groups excluding carboxylic acids is 1. The molecular weight excluding hydrogens is 256 g/mol. The minimum atomic E-state index is -0.172. The van der Waals surface area contributed by atoms with E-state index >= 15 is 0 Å². The Kier molecular flexibility index (Phi) is 4.08. The van der Waals surface area contributed by atoms with Gasteiger partial charge in [-0.3, -0.25) is 9.36 Å². The van der Waals surface area contributed by atoms with E-state index in [1.165, 1.54) is 10.9 Å². The van der Waals surface area contributed by atoms with Crippen molar-refractivity contribution in [1.29, 1.82) is 0 Å². The van der Waals surface area contributed by atoms with E-state index in [-0.39, 0.29) is 11.8 Å². The molecule has 0 bridgehead atoms. The van der Waals surface area contributed by atoms with Crippen molar-refractivity contribution < 1.29 is 14.3 Å². The largest absolute Gasteiger partial charge is 0.496 e. The van der Waals surface area contributed by atoms with Crippen molar-refractivity contribution in [3.63, 3.8) is 0 Å². The Hall–Kier alpha value is -2.30. The molecule has 0 aliphatic rings. The summed E-state index contributed by atoms with van der Waals surface area (Å²) in [4.78, 5) is 16.2. The molecule has 1 heterocycles. The second-order valence-electron chi connectivity index (χ2n) is 4.72. The Morgan fingerprint density at radius 3 is 2.20 bits per heavy atom. The molecule has 0 fully saturated rings. The summed E-state index contributed by atoms with van der Waals surface area (Å²) < 4.78 is 12.2. The summed E-state index contributed by atoms with van der Waals surface area (Å²) in [5.74, 6) is 1.37. The molecule has 0 atom stereocenters. The fraction of sp³-hybridized carbons (Fsp3) is 0.333. The minimum Gasteiger partial charge on any atom is -0.496 e. The average Bonchev–Trinajstić information content (AvgIpc) is 2.98. The maximum Gasteiger partial charge on any atom is 0.263 e. The highest BCUT2D eigenvalue weighted by molar-refractivity contribution is 5.96. The van der Waals surface area contributed by atoms with Crippen LogP contribution in [-0.4, -0.2) is 29.7 Å². The van der Waals surface area contributed by atoms with Gasteiger partial charge in [-0.15, -0.1) is 0 Å². The van der Waals surface area contributed by atoms with Gasteiger partial charge in [0.25, 0.3) is 5.91 Å². The number of hydrogen-bond donors (Lipinski definition) is 0. The topological polar surface area (TPSA) is 53.4 Å². The fourth-order valence-electron chi connectivity index (χ4n) is 2.16. The van der Waals surface area contributed by atoms with E-state index in [9.17, 15) is 4.79 Å². The molecule has 2 aromatic rings. The van der Waals surface area contributed by atoms with Crippen LogP contribution < -0.4 is 9.47 Å². The van der Waals surface area contributed by atoms with E-state index in [1.807, 2.05) is 0 Å². The maximum absolute atomic E-state index is 12.3. The van der Waals surface area contributed by atoms with Gasteiger partial charge in [0.2, 0.25) is 0 Å². The van der Waals surface area contributed by atoms with Crippen LogP contribution in [0.3, 0.4) is 0 Å². The van der Waals surface area contributed by atoms with Gasteiger partial charge in [-0.1, -0.05) is 13.8 Å². The summed E-state index contributed by atoms with van der Waals surface area (Å²) >= 11 is 0. The first-order chi connectivity index (χ1) is 9.58. The molecule has 5 nitrogen and oxygen atoms in total. The Morgan fingerprint density at radius 2 is 1.80 bits per heavy atom. The van der Waals surface area contributed by atoms with Crippen LogP contribution in [0.4, 0.5) is 0 Å². The van der Waals surface area contributed by atoms with Crippen LogP contribution in [0.2, 0.25) is 0 Å². The highest BCUT2D eigenvalue weighted by atomic mass is 16.5. The van der Waals surface area contributed by atoms with Gasteiger partial charge < -0.3 is 9.47 Å². The summed E-state index contributed by atoms with van der Waals surface area (Å²) in [5.41, 5.74) is 1.46. The number of benzene rings is 1. The number of imidazole rings is 1. The number of rotatable bonds is 4. The van der Waals surface area contributed by atoms with E-state index < -0.39 is 0 Å². The molecule has 0 spiro atoms. The molecule has 0 N–H and O–H groups in total. The number of ether oxygens (including phenoxy) is 2. The molecule has 0 aliphatic heterocycles. The molecule has 0 unspecified atom stereocenters. The molecule has 0 saturated carbocycles. The second kappa shape index (κ2) is 5.77. The summed E-state index contributed by atoms with van der Waals surface area (Å²) in [6.07, 6.45) is 4.64. The predicted molar refractivity (Wildman–Crippen MR) is 75.6 cm³/mol. The summed E-state index contributed by atoms with van der Waals surface area (Å²) in [7, 11) is 3.18. The Balaban J connectivity index is 2.53. The van der Waals surface area contributed by atoms with Crippen LogP contribution >= 0.6 is 0 Å². The van der Waals surface area contributed by atoms with Crippen LogP contribution in [0, 0.1) is 0 Å². The molecule has 1 aromatic carbocycles. The summed E-state index contributed by atoms with van der Waals surface area (Å²) in [5, 5.41) is 0. The zero-order valence-corrected chi connectivity index (χ0v) is 12.1. The maximum atomic E-state index is 12.3. The standard InChI is InChI=1S/C15H18N2O3/c1-10(2)14-12(19-3)7-11(8-13(14)20-4)15(18)17-6-5-16-9-17/h5-10H,1-4H3. The van der Waals surface area contributed by atoms with Crippen LogP contribution in [0.5, 0.6) is 11.5 Å². The molecule has 0 radical (unpaired) electrons. The molecule has 106 valence electrons. The Bertz CT molecular complexity index is 579. The van der Waals surface area contributed by atoms with E-state index in [4.69, 9.17) is 9.47 Å². The monoisotopic (exact) mass is 274 g/mol. The third-order valence-corrected chi connectivity index (χ3v) is 3.11. The average molecular weight is 274 g/mol. The molecule has 0 aliphatic carbocycles. The second-order valence-corrected chi connectivity index (χ2v) is 4.72. The van der Waals surface area contributed by atoms with Gasteiger partial charge >= 0.3 is 0 Å². The van der Waals surface area contributed by atoms with Gasteiger partial charge in [-0.2, -0.15) is 0 Å². The molecule has 0 amide bonds. The van der Waals surface area contributed by atoms with Crippen LogP contribution in [0.25, 0.3) is 0 Å². The van der Waals surface area contributed by atoms with E-state index in [1.54, 1.807) is 38.7 Å². The van der Waals surface area contributed by atoms with E-state index in [2.05, 4.69) is 18.8 Å². The van der Waals surface area contributed by atoms with Crippen molar-refractivity contribution in [1.82, 2.24) is 9.55 Å². The Labute approximate surface area is 118 Å². The first kappa shape index (κ1) is 14.1. The highest BCUT2D eigenvalue weighted by Crippen LogP contribution is 2.36. The SMILES string of the molecule is COc1cc(C(=O)n2ccnc2)cc(OC)c1C(C)C.